The Kier molecular flexibility index (Phi) is 5.29. The van der Waals surface area contributed by atoms with Gasteiger partial charge >= 0.3 is 0 Å². The highest BCUT2D eigenvalue weighted by Crippen LogP contribution is 2.40. The Morgan fingerprint density at radius 3 is 2.35 bits per heavy atom. The fourth-order valence-corrected chi connectivity index (χ4v) is 4.08. The first-order chi connectivity index (χ1) is 11.3. The zero-order chi connectivity index (χ0) is 16.2. The summed E-state index contributed by atoms with van der Waals surface area (Å²) in [6.07, 6.45) is 0. The smallest absolute Gasteiger partial charge is 0.225 e. The topological polar surface area (TPSA) is 36.3 Å². The molecule has 0 aliphatic carbocycles. The number of benzene rings is 2. The van der Waals surface area contributed by atoms with Gasteiger partial charge in [0.25, 0.3) is 0 Å². The van der Waals surface area contributed by atoms with Gasteiger partial charge in [0.1, 0.15) is 5.44 Å². The van der Waals surface area contributed by atoms with Gasteiger partial charge in [0, 0.05) is 5.39 Å². The van der Waals surface area contributed by atoms with E-state index in [0.29, 0.717) is 18.2 Å². The maximum Gasteiger partial charge on any atom is 0.225 e. The van der Waals surface area contributed by atoms with Crippen LogP contribution in [0.25, 0.3) is 16.6 Å². The molecule has 0 fully saturated rings. The minimum Gasteiger partial charge on any atom is -0.330 e. The third kappa shape index (κ3) is 3.26. The van der Waals surface area contributed by atoms with Gasteiger partial charge in [-0.1, -0.05) is 41.9 Å². The summed E-state index contributed by atoms with van der Waals surface area (Å²) in [5.41, 5.74) is 2.65. The molecule has 120 valence electrons. The highest BCUT2D eigenvalue weighted by molar-refractivity contribution is 7.56. The van der Waals surface area contributed by atoms with Crippen LogP contribution in [0.1, 0.15) is 13.8 Å². The lowest BCUT2D eigenvalue weighted by atomic mass is 10.3. The first-order valence-corrected chi connectivity index (χ1v) is 9.10. The number of rotatable bonds is 6. The van der Waals surface area contributed by atoms with Crippen LogP contribution in [-0.2, 0) is 9.05 Å². The standard InChI is InChI=1S/C17H18ClN2O2P/c1-3-21-23(22-4-2)17-13-9-5-7-11-15(13)19-20(17)16-12-8-6-10-14(16)18/h5-12H,3-4H2,1-2H3. The molecule has 0 amide bonds. The summed E-state index contributed by atoms with van der Waals surface area (Å²) in [6.45, 7) is 5.08. The van der Waals surface area contributed by atoms with Crippen molar-refractivity contribution in [3.63, 3.8) is 0 Å². The Morgan fingerprint density at radius 2 is 1.65 bits per heavy atom. The number of aromatic nitrogens is 2. The Bertz CT molecular complexity index is 800. The average Bonchev–Trinajstić information content (AvgIpc) is 2.94. The lowest BCUT2D eigenvalue weighted by molar-refractivity contribution is 0.276. The molecule has 0 spiro atoms. The molecule has 3 aromatic rings. The Balaban J connectivity index is 2.24. The summed E-state index contributed by atoms with van der Waals surface area (Å²) in [4.78, 5) is 0. The maximum atomic E-state index is 6.38. The van der Waals surface area contributed by atoms with Gasteiger partial charge in [0.05, 0.1) is 29.4 Å². The first kappa shape index (κ1) is 16.4. The first-order valence-electron chi connectivity index (χ1n) is 7.54. The molecule has 0 saturated heterocycles. The summed E-state index contributed by atoms with van der Waals surface area (Å²) in [7, 11) is -1.23. The Hall–Kier alpha value is -1.45. The quantitative estimate of drug-likeness (QED) is 0.606. The van der Waals surface area contributed by atoms with Crippen LogP contribution in [-0.4, -0.2) is 23.0 Å². The molecule has 1 aromatic heterocycles. The molecule has 0 bridgehead atoms. The second-order valence-electron chi connectivity index (χ2n) is 4.80. The number of halogens is 1. The van der Waals surface area contributed by atoms with Gasteiger partial charge in [-0.05, 0) is 32.0 Å². The highest BCUT2D eigenvalue weighted by atomic mass is 35.5. The van der Waals surface area contributed by atoms with Crippen LogP contribution >= 0.6 is 20.0 Å². The number of hydrogen-bond donors (Lipinski definition) is 0. The van der Waals surface area contributed by atoms with E-state index in [9.17, 15) is 0 Å². The third-order valence-electron chi connectivity index (χ3n) is 3.30. The lowest BCUT2D eigenvalue weighted by Crippen LogP contribution is -2.18. The number of nitrogens with zero attached hydrogens (tertiary/aromatic N) is 2. The van der Waals surface area contributed by atoms with Crippen LogP contribution in [0.2, 0.25) is 5.02 Å². The van der Waals surface area contributed by atoms with Crippen molar-refractivity contribution in [3.8, 4) is 5.69 Å². The third-order valence-corrected chi connectivity index (χ3v) is 5.38. The number of para-hydroxylation sites is 1. The average molecular weight is 349 g/mol. The monoisotopic (exact) mass is 348 g/mol. The summed E-state index contributed by atoms with van der Waals surface area (Å²) in [5.74, 6) is 0. The SMILES string of the molecule is CCOP(OCC)c1c2ccccc2nn1-c1ccccc1Cl. The van der Waals surface area contributed by atoms with Gasteiger partial charge in [-0.25, -0.2) is 4.68 Å². The highest BCUT2D eigenvalue weighted by Gasteiger charge is 2.24. The zero-order valence-corrected chi connectivity index (χ0v) is 14.7. The van der Waals surface area contributed by atoms with Gasteiger partial charge in [0.2, 0.25) is 8.38 Å². The van der Waals surface area contributed by atoms with E-state index < -0.39 is 8.38 Å². The lowest BCUT2D eigenvalue weighted by Gasteiger charge is -2.18. The van der Waals surface area contributed by atoms with E-state index in [0.717, 1.165) is 22.0 Å². The van der Waals surface area contributed by atoms with Gasteiger partial charge in [0.15, 0.2) is 0 Å². The second kappa shape index (κ2) is 7.41. The molecule has 0 aliphatic rings. The fourth-order valence-electron chi connectivity index (χ4n) is 2.38. The van der Waals surface area contributed by atoms with Crippen LogP contribution in [0.3, 0.4) is 0 Å². The molecular formula is C17H18ClN2O2P. The normalized spacial score (nSPS) is 11.5. The molecular weight excluding hydrogens is 331 g/mol. The summed E-state index contributed by atoms with van der Waals surface area (Å²) in [5, 5.41) is 6.39. The van der Waals surface area contributed by atoms with Crippen molar-refractivity contribution in [1.29, 1.82) is 0 Å². The van der Waals surface area contributed by atoms with Gasteiger partial charge < -0.3 is 9.05 Å². The molecule has 0 aliphatic heterocycles. The second-order valence-corrected chi connectivity index (χ2v) is 6.66. The van der Waals surface area contributed by atoms with Gasteiger partial charge in [-0.2, -0.15) is 5.10 Å². The molecule has 0 N–H and O–H groups in total. The fraction of sp³-hybridized carbons (Fsp3) is 0.235. The molecule has 1 heterocycles. The van der Waals surface area contributed by atoms with E-state index in [2.05, 4.69) is 0 Å². The molecule has 6 heteroatoms. The molecule has 4 nitrogen and oxygen atoms in total. The Labute approximate surface area is 141 Å². The van der Waals surface area contributed by atoms with E-state index in [1.54, 1.807) is 0 Å². The van der Waals surface area contributed by atoms with Crippen molar-refractivity contribution < 1.29 is 9.05 Å². The van der Waals surface area contributed by atoms with E-state index in [1.807, 2.05) is 67.1 Å². The minimum atomic E-state index is -1.23. The van der Waals surface area contributed by atoms with E-state index in [4.69, 9.17) is 25.7 Å². The van der Waals surface area contributed by atoms with E-state index in [-0.39, 0.29) is 0 Å². The summed E-state index contributed by atoms with van der Waals surface area (Å²) >= 11 is 6.38. The Morgan fingerprint density at radius 1 is 1.00 bits per heavy atom. The molecule has 0 unspecified atom stereocenters. The van der Waals surface area contributed by atoms with E-state index >= 15 is 0 Å². The van der Waals surface area contributed by atoms with Crippen molar-refractivity contribution in [2.75, 3.05) is 13.2 Å². The van der Waals surface area contributed by atoms with Crippen LogP contribution in [0.4, 0.5) is 0 Å². The number of fused-ring (bicyclic) bond motifs is 1. The van der Waals surface area contributed by atoms with Crippen LogP contribution < -0.4 is 5.44 Å². The predicted octanol–water partition coefficient (Wildman–Crippen LogP) is 4.69. The minimum absolute atomic E-state index is 0.577. The van der Waals surface area contributed by atoms with Crippen LogP contribution in [0, 0.1) is 0 Å². The number of hydrogen-bond acceptors (Lipinski definition) is 3. The summed E-state index contributed by atoms with van der Waals surface area (Å²) in [6, 6.07) is 15.6. The molecule has 0 saturated carbocycles. The molecule has 0 atom stereocenters. The zero-order valence-electron chi connectivity index (χ0n) is 13.1. The van der Waals surface area contributed by atoms with Gasteiger partial charge in [-0.15, -0.1) is 0 Å². The van der Waals surface area contributed by atoms with Crippen molar-refractivity contribution in [2.24, 2.45) is 0 Å². The molecule has 2 aromatic carbocycles. The van der Waals surface area contributed by atoms with Crippen molar-refractivity contribution in [2.45, 2.75) is 13.8 Å². The van der Waals surface area contributed by atoms with Gasteiger partial charge in [-0.3, -0.25) is 0 Å². The van der Waals surface area contributed by atoms with Crippen molar-refractivity contribution >= 4 is 36.3 Å². The summed E-state index contributed by atoms with van der Waals surface area (Å²) < 4.78 is 13.6. The van der Waals surface area contributed by atoms with E-state index in [1.165, 1.54) is 0 Å². The largest absolute Gasteiger partial charge is 0.330 e. The van der Waals surface area contributed by atoms with Crippen LogP contribution in [0.5, 0.6) is 0 Å². The maximum absolute atomic E-state index is 6.38. The van der Waals surface area contributed by atoms with Crippen molar-refractivity contribution in [1.82, 2.24) is 9.78 Å². The van der Waals surface area contributed by atoms with Crippen molar-refractivity contribution in [3.05, 3.63) is 53.6 Å². The van der Waals surface area contributed by atoms with Crippen LogP contribution in [0.15, 0.2) is 48.5 Å². The molecule has 0 radical (unpaired) electrons. The molecule has 23 heavy (non-hydrogen) atoms. The predicted molar refractivity (Wildman–Crippen MR) is 95.9 cm³/mol. The molecule has 3 rings (SSSR count).